The van der Waals surface area contributed by atoms with Crippen LogP contribution in [-0.2, 0) is 11.3 Å². The molecule has 0 aliphatic carbocycles. The number of carboxylic acids is 1. The molecular formula is C11H14FNO3. The lowest BCUT2D eigenvalue weighted by molar-refractivity contribution is -0.137. The maximum Gasteiger partial charge on any atom is 0.304 e. The number of phenols is 1. The number of hydrogen-bond donors (Lipinski definition) is 2. The molecule has 0 spiro atoms. The van der Waals surface area contributed by atoms with E-state index in [0.29, 0.717) is 18.7 Å². The van der Waals surface area contributed by atoms with Crippen molar-refractivity contribution >= 4 is 5.97 Å². The summed E-state index contributed by atoms with van der Waals surface area (Å²) in [5.41, 5.74) is 0.616. The first-order chi connectivity index (χ1) is 7.47. The van der Waals surface area contributed by atoms with Crippen LogP contribution in [0.2, 0.25) is 0 Å². The van der Waals surface area contributed by atoms with Crippen molar-refractivity contribution in [3.63, 3.8) is 0 Å². The molecule has 0 saturated carbocycles. The lowest BCUT2D eigenvalue weighted by atomic mass is 10.2. The largest absolute Gasteiger partial charge is 0.508 e. The van der Waals surface area contributed by atoms with Gasteiger partial charge in [0.05, 0.1) is 6.42 Å². The Morgan fingerprint density at radius 1 is 1.44 bits per heavy atom. The minimum Gasteiger partial charge on any atom is -0.508 e. The van der Waals surface area contributed by atoms with Crippen LogP contribution in [0.4, 0.5) is 4.39 Å². The Labute approximate surface area is 92.9 Å². The number of nitrogens with zero attached hydrogens (tertiary/aromatic N) is 1. The van der Waals surface area contributed by atoms with E-state index in [2.05, 4.69) is 0 Å². The van der Waals surface area contributed by atoms with Gasteiger partial charge in [-0.3, -0.25) is 4.79 Å². The monoisotopic (exact) mass is 227 g/mol. The van der Waals surface area contributed by atoms with E-state index in [9.17, 15) is 14.3 Å². The number of halogens is 1. The SMILES string of the molecule is CN(CCC(=O)O)Cc1cc(O)cc(F)c1. The van der Waals surface area contributed by atoms with Crippen LogP contribution in [0.1, 0.15) is 12.0 Å². The molecule has 0 atom stereocenters. The van der Waals surface area contributed by atoms with E-state index >= 15 is 0 Å². The van der Waals surface area contributed by atoms with Crippen molar-refractivity contribution in [2.24, 2.45) is 0 Å². The number of benzene rings is 1. The van der Waals surface area contributed by atoms with Crippen molar-refractivity contribution in [2.45, 2.75) is 13.0 Å². The average Bonchev–Trinajstić information content (AvgIpc) is 2.12. The summed E-state index contributed by atoms with van der Waals surface area (Å²) < 4.78 is 12.9. The standard InChI is InChI=1S/C11H14FNO3/c1-13(3-2-11(15)16)7-8-4-9(12)6-10(14)5-8/h4-6,14H,2-3,7H2,1H3,(H,15,16). The maximum absolute atomic E-state index is 12.9. The Bertz CT molecular complexity index is 361. The van der Waals surface area contributed by atoms with Gasteiger partial charge >= 0.3 is 5.97 Å². The first-order valence-electron chi connectivity index (χ1n) is 4.86. The van der Waals surface area contributed by atoms with Crippen LogP contribution >= 0.6 is 0 Å². The second kappa shape index (κ2) is 5.46. The van der Waals surface area contributed by atoms with Crippen molar-refractivity contribution in [3.05, 3.63) is 29.6 Å². The molecule has 0 aliphatic rings. The molecule has 2 N–H and O–H groups in total. The molecular weight excluding hydrogens is 213 g/mol. The zero-order chi connectivity index (χ0) is 12.1. The van der Waals surface area contributed by atoms with E-state index in [4.69, 9.17) is 5.11 Å². The Morgan fingerprint density at radius 2 is 2.12 bits per heavy atom. The minimum absolute atomic E-state index is 0.0395. The van der Waals surface area contributed by atoms with E-state index < -0.39 is 11.8 Å². The number of carbonyl (C=O) groups is 1. The molecule has 1 aromatic rings. The molecule has 0 radical (unpaired) electrons. The lowest BCUT2D eigenvalue weighted by Crippen LogP contribution is -2.21. The van der Waals surface area contributed by atoms with Crippen LogP contribution in [0.5, 0.6) is 5.75 Å². The van der Waals surface area contributed by atoms with Gasteiger partial charge in [0.25, 0.3) is 0 Å². The summed E-state index contributed by atoms with van der Waals surface area (Å²) in [5, 5.41) is 17.7. The fourth-order valence-electron chi connectivity index (χ4n) is 1.40. The molecule has 88 valence electrons. The third-order valence-corrected chi connectivity index (χ3v) is 2.10. The molecule has 5 heteroatoms. The lowest BCUT2D eigenvalue weighted by Gasteiger charge is -2.15. The third kappa shape index (κ3) is 4.27. The Morgan fingerprint density at radius 3 is 2.69 bits per heavy atom. The summed E-state index contributed by atoms with van der Waals surface area (Å²) in [6.45, 7) is 0.783. The number of aliphatic carboxylic acids is 1. The summed E-state index contributed by atoms with van der Waals surface area (Å²) in [4.78, 5) is 12.1. The van der Waals surface area contributed by atoms with Gasteiger partial charge in [0.15, 0.2) is 0 Å². The predicted molar refractivity (Wildman–Crippen MR) is 56.7 cm³/mol. The minimum atomic E-state index is -0.867. The maximum atomic E-state index is 12.9. The predicted octanol–water partition coefficient (Wildman–Crippen LogP) is 1.44. The summed E-state index contributed by atoms with van der Waals surface area (Å²) in [7, 11) is 1.74. The topological polar surface area (TPSA) is 60.8 Å². The molecule has 0 amide bonds. The van der Waals surface area contributed by atoms with Gasteiger partial charge in [-0.15, -0.1) is 0 Å². The summed E-state index contributed by atoms with van der Waals surface area (Å²) in [5.74, 6) is -1.49. The fraction of sp³-hybridized carbons (Fsp3) is 0.364. The third-order valence-electron chi connectivity index (χ3n) is 2.10. The van der Waals surface area contributed by atoms with Gasteiger partial charge in [0, 0.05) is 19.2 Å². The molecule has 0 aliphatic heterocycles. The molecule has 0 unspecified atom stereocenters. The molecule has 1 rings (SSSR count). The number of hydrogen-bond acceptors (Lipinski definition) is 3. The first kappa shape index (κ1) is 12.4. The Hall–Kier alpha value is -1.62. The quantitative estimate of drug-likeness (QED) is 0.799. The van der Waals surface area contributed by atoms with Crippen molar-refractivity contribution in [1.82, 2.24) is 4.90 Å². The molecule has 16 heavy (non-hydrogen) atoms. The highest BCUT2D eigenvalue weighted by Crippen LogP contribution is 2.15. The molecule has 0 fully saturated rings. The molecule has 4 nitrogen and oxygen atoms in total. The highest BCUT2D eigenvalue weighted by atomic mass is 19.1. The van der Waals surface area contributed by atoms with E-state index in [1.807, 2.05) is 0 Å². The average molecular weight is 227 g/mol. The van der Waals surface area contributed by atoms with Gasteiger partial charge in [-0.1, -0.05) is 0 Å². The zero-order valence-electron chi connectivity index (χ0n) is 8.98. The number of rotatable bonds is 5. The smallest absolute Gasteiger partial charge is 0.304 e. The highest BCUT2D eigenvalue weighted by Gasteiger charge is 2.05. The summed E-state index contributed by atoms with van der Waals surface area (Å²) in [6.07, 6.45) is 0.0395. The van der Waals surface area contributed by atoms with Crippen LogP contribution in [-0.4, -0.2) is 34.7 Å². The van der Waals surface area contributed by atoms with E-state index in [1.54, 1.807) is 11.9 Å². The van der Waals surface area contributed by atoms with Crippen LogP contribution in [0, 0.1) is 5.82 Å². The van der Waals surface area contributed by atoms with Crippen LogP contribution in [0.25, 0.3) is 0 Å². The van der Waals surface area contributed by atoms with E-state index in [0.717, 1.165) is 6.07 Å². The highest BCUT2D eigenvalue weighted by molar-refractivity contribution is 5.66. The van der Waals surface area contributed by atoms with Crippen LogP contribution in [0.3, 0.4) is 0 Å². The van der Waals surface area contributed by atoms with Crippen LogP contribution in [0.15, 0.2) is 18.2 Å². The zero-order valence-corrected chi connectivity index (χ0v) is 8.98. The number of aromatic hydroxyl groups is 1. The van der Waals surface area contributed by atoms with Crippen LogP contribution < -0.4 is 0 Å². The van der Waals surface area contributed by atoms with Crippen molar-refractivity contribution in [2.75, 3.05) is 13.6 Å². The summed E-state index contributed by atoms with van der Waals surface area (Å²) >= 11 is 0. The van der Waals surface area contributed by atoms with Crippen molar-refractivity contribution in [1.29, 1.82) is 0 Å². The Balaban J connectivity index is 2.55. The molecule has 0 bridgehead atoms. The normalized spacial score (nSPS) is 10.7. The molecule has 0 heterocycles. The molecule has 0 aromatic heterocycles. The number of carboxylic acid groups (broad SMARTS) is 1. The second-order valence-electron chi connectivity index (χ2n) is 3.70. The van der Waals surface area contributed by atoms with Gasteiger partial charge < -0.3 is 15.1 Å². The van der Waals surface area contributed by atoms with Gasteiger partial charge in [-0.2, -0.15) is 0 Å². The van der Waals surface area contributed by atoms with Crippen molar-refractivity contribution in [3.8, 4) is 5.75 Å². The van der Waals surface area contributed by atoms with Gasteiger partial charge in [-0.25, -0.2) is 4.39 Å². The summed E-state index contributed by atoms with van der Waals surface area (Å²) in [6, 6.07) is 3.80. The van der Waals surface area contributed by atoms with Crippen molar-refractivity contribution < 1.29 is 19.4 Å². The molecule has 1 aromatic carbocycles. The molecule has 0 saturated heterocycles. The number of phenolic OH excluding ortho intramolecular Hbond substituents is 1. The van der Waals surface area contributed by atoms with Gasteiger partial charge in [0.1, 0.15) is 11.6 Å². The first-order valence-corrected chi connectivity index (χ1v) is 4.86. The van der Waals surface area contributed by atoms with Gasteiger partial charge in [0.2, 0.25) is 0 Å². The van der Waals surface area contributed by atoms with E-state index in [-0.39, 0.29) is 12.2 Å². The fourth-order valence-corrected chi connectivity index (χ4v) is 1.40. The second-order valence-corrected chi connectivity index (χ2v) is 3.70. The van der Waals surface area contributed by atoms with Gasteiger partial charge in [-0.05, 0) is 24.7 Å². The van der Waals surface area contributed by atoms with E-state index in [1.165, 1.54) is 12.1 Å². The Kier molecular flexibility index (Phi) is 4.25.